The number of aliphatic hydroxyl groups is 1. The topological polar surface area (TPSA) is 224 Å². The number of halogens is 2. The van der Waals surface area contributed by atoms with E-state index < -0.39 is 0 Å². The van der Waals surface area contributed by atoms with Gasteiger partial charge in [-0.2, -0.15) is 0 Å². The summed E-state index contributed by atoms with van der Waals surface area (Å²) in [7, 11) is 2.14. The predicted molar refractivity (Wildman–Crippen MR) is 394 cm³/mol. The van der Waals surface area contributed by atoms with E-state index in [1.165, 1.54) is 37.9 Å². The number of hydrogen-bond donors (Lipinski definition) is 7. The molecule has 6 aromatic heterocycles. The Morgan fingerprint density at radius 1 is 0.526 bits per heavy atom. The summed E-state index contributed by atoms with van der Waals surface area (Å²) in [5, 5.41) is 30.3. The van der Waals surface area contributed by atoms with E-state index in [1.807, 2.05) is 106 Å². The van der Waals surface area contributed by atoms with Gasteiger partial charge in [0.15, 0.2) is 0 Å². The summed E-state index contributed by atoms with van der Waals surface area (Å²) in [5.41, 5.74) is 19.9. The average Bonchev–Trinajstić information content (AvgIpc) is 1.84. The summed E-state index contributed by atoms with van der Waals surface area (Å²) in [6, 6.07) is 25.7. The quantitative estimate of drug-likeness (QED) is 0.0503. The minimum absolute atomic E-state index is 0.166. The highest BCUT2D eigenvalue weighted by Crippen LogP contribution is 2.39. The Morgan fingerprint density at radius 2 is 1.00 bits per heavy atom. The lowest BCUT2D eigenvalue weighted by Gasteiger charge is -2.29. The fourth-order valence-corrected chi connectivity index (χ4v) is 13.2. The molecule has 0 radical (unpaired) electrons. The maximum Gasteiger partial charge on any atom is 0.227 e. The number of ether oxygens (including phenoxy) is 1. The van der Waals surface area contributed by atoms with Crippen LogP contribution in [0.5, 0.6) is 5.88 Å². The number of nitrogens with zero attached hydrogens (tertiary/aromatic N) is 11. The molecule has 2 fully saturated rings. The molecule has 2 saturated heterocycles. The Bertz CT molecular complexity index is 4360. The van der Waals surface area contributed by atoms with Crippen LogP contribution in [-0.4, -0.2) is 127 Å². The zero-order chi connectivity index (χ0) is 66.1. The Labute approximate surface area is 580 Å². The van der Waals surface area contributed by atoms with Gasteiger partial charge < -0.3 is 51.5 Å². The minimum Gasteiger partial charge on any atom is -0.474 e. The number of hydrogen-bond acceptors (Lipinski definition) is 19. The number of aromatic nitrogens is 9. The monoisotopic (exact) mass is 1360 g/mol. The molecule has 7 N–H and O–H groups in total. The molecular weight excluding hydrogens is 1290 g/mol. The number of likely N-dealkylation sites (tertiary alicyclic amines) is 2. The first-order valence-electron chi connectivity index (χ1n) is 32.1. The molecule has 0 saturated carbocycles. The molecule has 11 heterocycles. The molecule has 488 valence electrons. The lowest BCUT2D eigenvalue weighted by Crippen LogP contribution is -2.35. The molecule has 95 heavy (non-hydrogen) atoms. The molecule has 0 atom stereocenters. The number of fused-ring (bicyclic) bond motifs is 9. The molecule has 0 amide bonds. The van der Waals surface area contributed by atoms with Gasteiger partial charge in [-0.25, -0.2) is 34.9 Å². The molecule has 24 heteroatoms. The van der Waals surface area contributed by atoms with E-state index in [9.17, 15) is 0 Å². The smallest absolute Gasteiger partial charge is 0.227 e. The van der Waals surface area contributed by atoms with Crippen molar-refractivity contribution in [2.75, 3.05) is 78.3 Å². The first kappa shape index (κ1) is 66.7. The van der Waals surface area contributed by atoms with E-state index in [4.69, 9.17) is 84.7 Å². The summed E-state index contributed by atoms with van der Waals surface area (Å²) < 4.78 is 6.11. The minimum atomic E-state index is 0.166. The van der Waals surface area contributed by atoms with Crippen molar-refractivity contribution < 1.29 is 9.84 Å². The van der Waals surface area contributed by atoms with E-state index in [2.05, 4.69) is 110 Å². The maximum absolute atomic E-state index is 9.07. The third-order valence-corrected chi connectivity index (χ3v) is 18.4. The summed E-state index contributed by atoms with van der Waals surface area (Å²) in [5.74, 6) is 2.21. The van der Waals surface area contributed by atoms with Gasteiger partial charge in [0.05, 0.1) is 66.2 Å². The molecule has 14 rings (SSSR count). The molecule has 0 bridgehead atoms. The first-order chi connectivity index (χ1) is 46.0. The molecule has 0 aliphatic carbocycles. The Hall–Kier alpha value is -8.32. The third kappa shape index (κ3) is 17.0. The van der Waals surface area contributed by atoms with Gasteiger partial charge in [0.2, 0.25) is 23.7 Å². The first-order valence-corrected chi connectivity index (χ1v) is 34.1. The molecule has 3 aromatic carbocycles. The van der Waals surface area contributed by atoms with Gasteiger partial charge in [0.25, 0.3) is 0 Å². The lowest BCUT2D eigenvalue weighted by molar-refractivity contribution is 0.110. The maximum atomic E-state index is 9.07. The van der Waals surface area contributed by atoms with E-state index >= 15 is 0 Å². The second-order valence-electron chi connectivity index (χ2n) is 24.5. The number of thiocarbonyl (C=S) groups is 3. The summed E-state index contributed by atoms with van der Waals surface area (Å²) in [4.78, 5) is 48.9. The fraction of sp³-hybridized carbons (Fsp3) is 0.324. The van der Waals surface area contributed by atoms with Crippen LogP contribution in [0.15, 0.2) is 110 Å². The second-order valence-corrected chi connectivity index (χ2v) is 26.9. The third-order valence-electron chi connectivity index (χ3n) is 17.2. The van der Waals surface area contributed by atoms with Gasteiger partial charge in [0, 0.05) is 143 Å². The van der Waals surface area contributed by atoms with Gasteiger partial charge in [-0.3, -0.25) is 9.97 Å². The van der Waals surface area contributed by atoms with Crippen LogP contribution < -0.4 is 36.6 Å². The van der Waals surface area contributed by atoms with Crippen LogP contribution >= 0.6 is 59.9 Å². The number of pyridine rings is 3. The van der Waals surface area contributed by atoms with Crippen molar-refractivity contribution in [1.29, 1.82) is 0 Å². The van der Waals surface area contributed by atoms with E-state index in [0.717, 1.165) is 168 Å². The van der Waals surface area contributed by atoms with Crippen molar-refractivity contribution >= 4 is 127 Å². The van der Waals surface area contributed by atoms with Gasteiger partial charge in [-0.05, 0) is 170 Å². The zero-order valence-electron chi connectivity index (χ0n) is 53.7. The van der Waals surface area contributed by atoms with Crippen LogP contribution in [0.3, 0.4) is 0 Å². The standard InChI is InChI=1S/C25H27ClN6S.C24H25ClN6OS.C22H23N5OS/c1-16-21(11-17(14-27-16)7-10-32-8-3-2-4-9-32)30-25-28-15-18-12-23(33)29-22-13-19(26)5-6-20(22)24(18)31-25;1-14-19(5-6-21(27-14)32-17-7-9-31(2)10-8-17)29-24-26-13-15-11-22(33)28-20-12-16(25)3-4-18(20)23(15)30-24;1-13-5-6-17-19(8-13)25-20(29)10-16-12-24-22(27-21(16)17)26-18-9-15(4-3-7-28)11-23-14(18)2/h5-6,11,13-15H,2-4,7-10,12H2,1H3,(H,29,33)(H,28,30,31);3-6,12-13,17H,7-11H2,1-2H3,(H,28,33)(H,26,29,30);5-6,8-9,11-12,28H,3-4,7,10H2,1-2H3,(H,25,29)(H,24,26,27). The lowest BCUT2D eigenvalue weighted by atomic mass is 10.0. The molecule has 19 nitrogen and oxygen atoms in total. The highest BCUT2D eigenvalue weighted by atomic mass is 35.5. The highest BCUT2D eigenvalue weighted by Gasteiger charge is 2.25. The van der Waals surface area contributed by atoms with Gasteiger partial charge in [-0.15, -0.1) is 0 Å². The summed E-state index contributed by atoms with van der Waals surface area (Å²) in [6.07, 6.45) is 19.8. The van der Waals surface area contributed by atoms with Crippen molar-refractivity contribution in [3.8, 4) is 39.7 Å². The SMILES string of the molecule is Cc1ccc2c(c1)NC(=S)Cc1cnc(Nc3cc(CCCO)cnc3C)nc1-2.Cc1nc(OC2CCN(C)CC2)ccc1Nc1ncc2c(n1)-c1ccc(Cl)cc1NC(=S)C2.Cc1ncc(CCN2CCCCC2)cc1Nc1ncc2c(n1)-c1ccc(Cl)cc1NC(=S)C2. The Kier molecular flexibility index (Phi) is 21.5. The Balaban J connectivity index is 0.000000137. The van der Waals surface area contributed by atoms with E-state index in [0.29, 0.717) is 64.4 Å². The van der Waals surface area contributed by atoms with Crippen LogP contribution in [0.25, 0.3) is 33.8 Å². The van der Waals surface area contributed by atoms with E-state index in [-0.39, 0.29) is 12.7 Å². The molecule has 9 aromatic rings. The van der Waals surface area contributed by atoms with Crippen molar-refractivity contribution in [2.24, 2.45) is 0 Å². The van der Waals surface area contributed by atoms with Crippen LogP contribution in [0.2, 0.25) is 10.0 Å². The number of aliphatic hydroxyl groups excluding tert-OH is 1. The number of piperidine rings is 2. The van der Waals surface area contributed by atoms with Crippen LogP contribution in [-0.2, 0) is 32.1 Å². The molecular formula is C71H75Cl2N17O2S3. The molecule has 0 unspecified atom stereocenters. The van der Waals surface area contributed by atoms with Crippen LogP contribution in [0, 0.1) is 27.7 Å². The van der Waals surface area contributed by atoms with Crippen molar-refractivity contribution in [2.45, 2.75) is 104 Å². The predicted octanol–water partition coefficient (Wildman–Crippen LogP) is 14.7. The molecule has 5 aliphatic heterocycles. The summed E-state index contributed by atoms with van der Waals surface area (Å²) in [6.45, 7) is 13.7. The van der Waals surface area contributed by atoms with Gasteiger partial charge >= 0.3 is 0 Å². The largest absolute Gasteiger partial charge is 0.474 e. The summed E-state index contributed by atoms with van der Waals surface area (Å²) >= 11 is 28.9. The molecule has 5 aliphatic rings. The molecule has 0 spiro atoms. The number of anilines is 9. The van der Waals surface area contributed by atoms with Crippen LogP contribution in [0.4, 0.5) is 52.0 Å². The van der Waals surface area contributed by atoms with Gasteiger partial charge in [-0.1, -0.05) is 78.4 Å². The van der Waals surface area contributed by atoms with Crippen LogP contribution in [0.1, 0.15) is 89.0 Å². The Morgan fingerprint density at radius 3 is 1.49 bits per heavy atom. The second kappa shape index (κ2) is 30.6. The number of aryl methyl sites for hydroxylation is 5. The number of nitrogens with one attached hydrogen (secondary N) is 6. The zero-order valence-corrected chi connectivity index (χ0v) is 57.7. The number of rotatable bonds is 14. The average molecular weight is 1370 g/mol. The van der Waals surface area contributed by atoms with Gasteiger partial charge in [0.1, 0.15) is 6.10 Å². The fourth-order valence-electron chi connectivity index (χ4n) is 12.0. The van der Waals surface area contributed by atoms with Crippen molar-refractivity contribution in [3.63, 3.8) is 0 Å². The van der Waals surface area contributed by atoms with Crippen molar-refractivity contribution in [3.05, 3.63) is 170 Å². The number of benzene rings is 3. The van der Waals surface area contributed by atoms with E-state index in [1.54, 1.807) is 0 Å². The highest BCUT2D eigenvalue weighted by molar-refractivity contribution is 7.81. The normalized spacial score (nSPS) is 15.1. The van der Waals surface area contributed by atoms with Crippen molar-refractivity contribution in [1.82, 2.24) is 54.7 Å².